The summed E-state index contributed by atoms with van der Waals surface area (Å²) in [5, 5.41) is 4.61. The number of hydrogen-bond donors (Lipinski definition) is 1. The number of nitrogens with zero attached hydrogens (tertiary/aromatic N) is 2. The summed E-state index contributed by atoms with van der Waals surface area (Å²) in [6.45, 7) is 0.560. The van der Waals surface area contributed by atoms with Crippen molar-refractivity contribution >= 4 is 39.9 Å². The quantitative estimate of drug-likeness (QED) is 0.771. The summed E-state index contributed by atoms with van der Waals surface area (Å²) < 4.78 is 0. The topological polar surface area (TPSA) is 37.8 Å². The van der Waals surface area contributed by atoms with Crippen molar-refractivity contribution in [1.82, 2.24) is 9.97 Å². The van der Waals surface area contributed by atoms with Crippen LogP contribution in [0.5, 0.6) is 0 Å². The Hall–Kier alpha value is -1.84. The minimum atomic E-state index is 0.560. The smallest absolute Gasteiger partial charge is 0.0907 e. The van der Waals surface area contributed by atoms with Gasteiger partial charge in [0.15, 0.2) is 0 Å². The first-order valence-electron chi connectivity index (χ1n) is 6.11. The molecule has 0 radical (unpaired) electrons. The Morgan fingerprint density at radius 2 is 1.60 bits per heavy atom. The summed E-state index contributed by atoms with van der Waals surface area (Å²) in [7, 11) is 0. The standard InChI is InChI=1S/C15H11Cl2N3/c16-12-2-1-3-13(17)11(12)9-20-10-4-5-14-15(8-10)19-7-6-18-14/h1-8,20H,9H2. The van der Waals surface area contributed by atoms with Gasteiger partial charge in [0.1, 0.15) is 0 Å². The van der Waals surface area contributed by atoms with Crippen molar-refractivity contribution in [3.8, 4) is 0 Å². The Morgan fingerprint density at radius 3 is 2.35 bits per heavy atom. The summed E-state index contributed by atoms with van der Waals surface area (Å²) in [6, 6.07) is 11.3. The lowest BCUT2D eigenvalue weighted by atomic mass is 10.2. The third-order valence-electron chi connectivity index (χ3n) is 3.00. The molecule has 1 heterocycles. The maximum Gasteiger partial charge on any atom is 0.0907 e. The molecule has 0 spiro atoms. The number of halogens is 2. The fourth-order valence-electron chi connectivity index (χ4n) is 1.96. The molecule has 3 rings (SSSR count). The van der Waals surface area contributed by atoms with E-state index in [2.05, 4.69) is 15.3 Å². The number of aromatic nitrogens is 2. The lowest BCUT2D eigenvalue weighted by Gasteiger charge is -2.10. The summed E-state index contributed by atoms with van der Waals surface area (Å²) in [6.07, 6.45) is 3.36. The zero-order valence-electron chi connectivity index (χ0n) is 10.5. The molecule has 0 atom stereocenters. The van der Waals surface area contributed by atoms with Gasteiger partial charge < -0.3 is 5.32 Å². The first-order chi connectivity index (χ1) is 9.74. The molecule has 0 saturated carbocycles. The first-order valence-corrected chi connectivity index (χ1v) is 6.87. The van der Waals surface area contributed by atoms with Crippen LogP contribution in [0.2, 0.25) is 10.0 Å². The van der Waals surface area contributed by atoms with Crippen LogP contribution in [0.1, 0.15) is 5.56 Å². The van der Waals surface area contributed by atoms with E-state index < -0.39 is 0 Å². The van der Waals surface area contributed by atoms with Crippen LogP contribution in [0.3, 0.4) is 0 Å². The molecule has 0 bridgehead atoms. The van der Waals surface area contributed by atoms with Gasteiger partial charge in [-0.2, -0.15) is 0 Å². The molecule has 2 aromatic carbocycles. The van der Waals surface area contributed by atoms with Crippen LogP contribution in [0, 0.1) is 0 Å². The SMILES string of the molecule is Clc1cccc(Cl)c1CNc1ccc2nccnc2c1. The van der Waals surface area contributed by atoms with Crippen molar-refractivity contribution in [2.45, 2.75) is 6.54 Å². The lowest BCUT2D eigenvalue weighted by molar-refractivity contribution is 1.15. The van der Waals surface area contributed by atoms with Gasteiger partial charge in [0.2, 0.25) is 0 Å². The zero-order valence-corrected chi connectivity index (χ0v) is 12.0. The van der Waals surface area contributed by atoms with Crippen molar-refractivity contribution in [2.24, 2.45) is 0 Å². The molecular formula is C15H11Cl2N3. The highest BCUT2D eigenvalue weighted by atomic mass is 35.5. The molecule has 0 aliphatic carbocycles. The average Bonchev–Trinajstić information content (AvgIpc) is 2.46. The molecule has 20 heavy (non-hydrogen) atoms. The second-order valence-corrected chi connectivity index (χ2v) is 5.13. The van der Waals surface area contributed by atoms with E-state index in [4.69, 9.17) is 23.2 Å². The summed E-state index contributed by atoms with van der Waals surface area (Å²) >= 11 is 12.3. The van der Waals surface area contributed by atoms with Crippen LogP contribution in [0.15, 0.2) is 48.8 Å². The molecule has 3 nitrogen and oxygen atoms in total. The summed E-state index contributed by atoms with van der Waals surface area (Å²) in [5.41, 5.74) is 3.56. The molecule has 0 amide bonds. The van der Waals surface area contributed by atoms with E-state index in [9.17, 15) is 0 Å². The van der Waals surface area contributed by atoms with E-state index in [0.717, 1.165) is 22.3 Å². The minimum Gasteiger partial charge on any atom is -0.381 e. The van der Waals surface area contributed by atoms with Gasteiger partial charge in [0.25, 0.3) is 0 Å². The maximum absolute atomic E-state index is 6.14. The Bertz CT molecular complexity index is 739. The fourth-order valence-corrected chi connectivity index (χ4v) is 2.50. The number of rotatable bonds is 3. The van der Waals surface area contributed by atoms with Crippen LogP contribution < -0.4 is 5.32 Å². The largest absolute Gasteiger partial charge is 0.381 e. The van der Waals surface area contributed by atoms with Gasteiger partial charge in [0.05, 0.1) is 11.0 Å². The number of anilines is 1. The van der Waals surface area contributed by atoms with Gasteiger partial charge in [0, 0.05) is 40.2 Å². The molecular weight excluding hydrogens is 293 g/mol. The predicted octanol–water partition coefficient (Wildman–Crippen LogP) is 4.55. The van der Waals surface area contributed by atoms with E-state index in [0.29, 0.717) is 16.6 Å². The van der Waals surface area contributed by atoms with E-state index in [1.165, 1.54) is 0 Å². The van der Waals surface area contributed by atoms with Gasteiger partial charge in [-0.15, -0.1) is 0 Å². The van der Waals surface area contributed by atoms with Crippen molar-refractivity contribution in [3.63, 3.8) is 0 Å². The molecule has 0 aliphatic heterocycles. The molecule has 1 N–H and O–H groups in total. The van der Waals surface area contributed by atoms with Gasteiger partial charge >= 0.3 is 0 Å². The Morgan fingerprint density at radius 1 is 0.900 bits per heavy atom. The minimum absolute atomic E-state index is 0.560. The van der Waals surface area contributed by atoms with E-state index >= 15 is 0 Å². The number of fused-ring (bicyclic) bond motifs is 1. The third-order valence-corrected chi connectivity index (χ3v) is 3.71. The van der Waals surface area contributed by atoms with Crippen LogP contribution in [0.4, 0.5) is 5.69 Å². The number of benzene rings is 2. The number of nitrogens with one attached hydrogen (secondary N) is 1. The monoisotopic (exact) mass is 303 g/mol. The highest BCUT2D eigenvalue weighted by Crippen LogP contribution is 2.25. The van der Waals surface area contributed by atoms with Gasteiger partial charge in [-0.1, -0.05) is 29.3 Å². The van der Waals surface area contributed by atoms with Crippen LogP contribution in [0.25, 0.3) is 11.0 Å². The molecule has 100 valence electrons. The van der Waals surface area contributed by atoms with Gasteiger partial charge in [-0.3, -0.25) is 9.97 Å². The second-order valence-electron chi connectivity index (χ2n) is 4.31. The Balaban J connectivity index is 1.83. The highest BCUT2D eigenvalue weighted by molar-refractivity contribution is 6.36. The van der Waals surface area contributed by atoms with E-state index in [1.807, 2.05) is 36.4 Å². The third kappa shape index (κ3) is 2.69. The zero-order chi connectivity index (χ0) is 13.9. The highest BCUT2D eigenvalue weighted by Gasteiger charge is 2.05. The first kappa shape index (κ1) is 13.2. The van der Waals surface area contributed by atoms with Crippen molar-refractivity contribution in [3.05, 3.63) is 64.4 Å². The van der Waals surface area contributed by atoms with E-state index in [1.54, 1.807) is 12.4 Å². The normalized spacial score (nSPS) is 10.7. The van der Waals surface area contributed by atoms with Crippen LogP contribution in [-0.4, -0.2) is 9.97 Å². The molecule has 0 unspecified atom stereocenters. The second kappa shape index (κ2) is 5.65. The molecule has 3 aromatic rings. The van der Waals surface area contributed by atoms with Crippen LogP contribution in [-0.2, 0) is 6.54 Å². The van der Waals surface area contributed by atoms with Crippen molar-refractivity contribution < 1.29 is 0 Å². The summed E-state index contributed by atoms with van der Waals surface area (Å²) in [5.74, 6) is 0. The average molecular weight is 304 g/mol. The van der Waals surface area contributed by atoms with Gasteiger partial charge in [-0.25, -0.2) is 0 Å². The Labute approximate surface area is 126 Å². The van der Waals surface area contributed by atoms with Crippen LogP contribution >= 0.6 is 23.2 Å². The predicted molar refractivity (Wildman–Crippen MR) is 83.3 cm³/mol. The molecule has 5 heteroatoms. The van der Waals surface area contributed by atoms with E-state index in [-0.39, 0.29) is 0 Å². The van der Waals surface area contributed by atoms with Crippen molar-refractivity contribution in [2.75, 3.05) is 5.32 Å². The lowest BCUT2D eigenvalue weighted by Crippen LogP contribution is -2.01. The molecule has 0 aliphatic rings. The Kier molecular flexibility index (Phi) is 3.72. The molecule has 0 saturated heterocycles. The van der Waals surface area contributed by atoms with Crippen molar-refractivity contribution in [1.29, 1.82) is 0 Å². The maximum atomic E-state index is 6.14. The molecule has 1 aromatic heterocycles. The number of hydrogen-bond acceptors (Lipinski definition) is 3. The van der Waals surface area contributed by atoms with Gasteiger partial charge in [-0.05, 0) is 30.3 Å². The fraction of sp³-hybridized carbons (Fsp3) is 0.0667. The summed E-state index contributed by atoms with van der Waals surface area (Å²) in [4.78, 5) is 8.51. The molecule has 0 fully saturated rings.